The van der Waals surface area contributed by atoms with Gasteiger partial charge in [-0.2, -0.15) is 13.2 Å². The number of piperazine rings is 1. The summed E-state index contributed by atoms with van der Waals surface area (Å²) in [5, 5.41) is 9.85. The van der Waals surface area contributed by atoms with E-state index in [9.17, 15) is 31.2 Å². The number of hydrogen-bond donors (Lipinski definition) is 2. The number of anilines is 1. The molecule has 1 aliphatic heterocycles. The Bertz CT molecular complexity index is 1750. The molecule has 4 aromatic rings. The minimum atomic E-state index is -4.58. The largest absolute Gasteiger partial charge is 0.465 e. The lowest BCUT2D eigenvalue weighted by atomic mass is 10.2. The van der Waals surface area contributed by atoms with Crippen molar-refractivity contribution in [3.63, 3.8) is 0 Å². The van der Waals surface area contributed by atoms with Crippen molar-refractivity contribution in [1.29, 1.82) is 0 Å². The third kappa shape index (κ3) is 5.95. The average Bonchev–Trinajstić information content (AvgIpc) is 3.28. The van der Waals surface area contributed by atoms with E-state index in [1.165, 1.54) is 23.2 Å². The number of amides is 2. The standard InChI is InChI=1S/C27H24F3N5O6S/c1-33-22-8-5-20(14-17(22)15-23(33)25(36)34-10-12-35(13-11-34)26(37)38)41-24-9-4-19(16-31-24)32-42(39,40)21-6-2-18(3-7-21)27(28,29)30/h2-9,14-16,32H,10-13H2,1H3,(H,37,38). The first-order valence-corrected chi connectivity index (χ1v) is 14.0. The quantitative estimate of drug-likeness (QED) is 0.329. The van der Waals surface area contributed by atoms with Crippen LogP contribution < -0.4 is 9.46 Å². The second kappa shape index (κ2) is 10.9. The Kier molecular flexibility index (Phi) is 7.45. The fourth-order valence-corrected chi connectivity index (χ4v) is 5.56. The molecule has 1 saturated heterocycles. The Morgan fingerprint density at radius 1 is 0.952 bits per heavy atom. The van der Waals surface area contributed by atoms with Gasteiger partial charge in [-0.05, 0) is 54.6 Å². The maximum absolute atomic E-state index is 13.1. The number of alkyl halides is 3. The zero-order valence-electron chi connectivity index (χ0n) is 22.0. The molecule has 2 aromatic heterocycles. The number of carboxylic acid groups (broad SMARTS) is 1. The van der Waals surface area contributed by atoms with Gasteiger partial charge in [0.15, 0.2) is 0 Å². The molecular weight excluding hydrogens is 579 g/mol. The Hall–Kier alpha value is -4.79. The van der Waals surface area contributed by atoms with Crippen molar-refractivity contribution in [3.8, 4) is 11.6 Å². The number of pyridine rings is 1. The summed E-state index contributed by atoms with van der Waals surface area (Å²) in [7, 11) is -2.40. The van der Waals surface area contributed by atoms with Gasteiger partial charge in [-0.25, -0.2) is 18.2 Å². The first-order chi connectivity index (χ1) is 19.8. The van der Waals surface area contributed by atoms with Crippen LogP contribution in [0.15, 0.2) is 71.8 Å². The molecule has 11 nitrogen and oxygen atoms in total. The van der Waals surface area contributed by atoms with Gasteiger partial charge in [0.2, 0.25) is 5.88 Å². The molecule has 0 unspecified atom stereocenters. The molecule has 2 N–H and O–H groups in total. The summed E-state index contributed by atoms with van der Waals surface area (Å²) < 4.78 is 73.3. The number of carbonyl (C=O) groups excluding carboxylic acids is 1. The molecular formula is C27H24F3N5O6S. The monoisotopic (exact) mass is 603 g/mol. The number of rotatable bonds is 6. The van der Waals surface area contributed by atoms with Crippen LogP contribution in [0.2, 0.25) is 0 Å². The van der Waals surface area contributed by atoms with Crippen LogP contribution >= 0.6 is 0 Å². The lowest BCUT2D eigenvalue weighted by Gasteiger charge is -2.33. The van der Waals surface area contributed by atoms with Crippen LogP contribution in [0.4, 0.5) is 23.7 Å². The van der Waals surface area contributed by atoms with Crippen molar-refractivity contribution in [2.45, 2.75) is 11.1 Å². The highest BCUT2D eigenvalue weighted by Crippen LogP contribution is 2.31. The van der Waals surface area contributed by atoms with E-state index in [0.717, 1.165) is 23.0 Å². The van der Waals surface area contributed by atoms with Crippen molar-refractivity contribution in [2.24, 2.45) is 7.05 Å². The fraction of sp³-hybridized carbons (Fsp3) is 0.222. The van der Waals surface area contributed by atoms with Crippen molar-refractivity contribution in [2.75, 3.05) is 30.9 Å². The van der Waals surface area contributed by atoms with Gasteiger partial charge in [-0.15, -0.1) is 0 Å². The van der Waals surface area contributed by atoms with E-state index in [4.69, 9.17) is 9.84 Å². The maximum atomic E-state index is 13.1. The van der Waals surface area contributed by atoms with Crippen molar-refractivity contribution in [1.82, 2.24) is 19.4 Å². The lowest BCUT2D eigenvalue weighted by Crippen LogP contribution is -2.50. The molecule has 0 bridgehead atoms. The highest BCUT2D eigenvalue weighted by Gasteiger charge is 2.31. The number of hydrogen-bond acceptors (Lipinski definition) is 6. The topological polar surface area (TPSA) is 134 Å². The molecule has 5 rings (SSSR count). The first-order valence-electron chi connectivity index (χ1n) is 12.5. The average molecular weight is 604 g/mol. The van der Waals surface area contributed by atoms with Gasteiger partial charge in [-0.1, -0.05) is 0 Å². The smallest absolute Gasteiger partial charge is 0.416 e. The molecule has 2 aromatic carbocycles. The van der Waals surface area contributed by atoms with E-state index < -0.39 is 27.9 Å². The lowest BCUT2D eigenvalue weighted by molar-refractivity contribution is -0.137. The van der Waals surface area contributed by atoms with E-state index in [2.05, 4.69) is 9.71 Å². The Balaban J connectivity index is 1.26. The van der Waals surface area contributed by atoms with Crippen LogP contribution in [0.3, 0.4) is 0 Å². The molecule has 0 atom stereocenters. The number of ether oxygens (including phenoxy) is 1. The van der Waals surface area contributed by atoms with Gasteiger partial charge in [0.25, 0.3) is 15.9 Å². The molecule has 1 fully saturated rings. The van der Waals surface area contributed by atoms with Crippen LogP contribution in [0.25, 0.3) is 10.9 Å². The number of benzene rings is 2. The first kappa shape index (κ1) is 28.7. The number of carbonyl (C=O) groups is 2. The van der Waals surface area contributed by atoms with Crippen molar-refractivity contribution in [3.05, 3.63) is 78.1 Å². The second-order valence-corrected chi connectivity index (χ2v) is 11.2. The van der Waals surface area contributed by atoms with Gasteiger partial charge in [0.05, 0.1) is 22.3 Å². The summed E-state index contributed by atoms with van der Waals surface area (Å²) in [6.07, 6.45) is -4.39. The van der Waals surface area contributed by atoms with Gasteiger partial charge >= 0.3 is 12.3 Å². The number of aryl methyl sites for hydroxylation is 1. The Morgan fingerprint density at radius 2 is 1.62 bits per heavy atom. The molecule has 3 heterocycles. The summed E-state index contributed by atoms with van der Waals surface area (Å²) in [5.41, 5.74) is 0.329. The number of halogens is 3. The minimum Gasteiger partial charge on any atom is -0.465 e. The van der Waals surface area contributed by atoms with Crippen LogP contribution in [0.5, 0.6) is 11.6 Å². The predicted molar refractivity (Wildman–Crippen MR) is 145 cm³/mol. The molecule has 0 spiro atoms. The molecule has 2 amide bonds. The van der Waals surface area contributed by atoms with Gasteiger partial charge in [0, 0.05) is 50.2 Å². The number of fused-ring (bicyclic) bond motifs is 1. The van der Waals surface area contributed by atoms with E-state index in [1.54, 1.807) is 40.8 Å². The second-order valence-electron chi connectivity index (χ2n) is 9.49. The highest BCUT2D eigenvalue weighted by atomic mass is 32.2. The molecule has 0 aliphatic carbocycles. The number of nitrogens with one attached hydrogen (secondary N) is 1. The van der Waals surface area contributed by atoms with Gasteiger partial charge < -0.3 is 24.2 Å². The summed E-state index contributed by atoms with van der Waals surface area (Å²) >= 11 is 0. The Labute approximate surface area is 237 Å². The number of aromatic nitrogens is 2. The van der Waals surface area contributed by atoms with E-state index >= 15 is 0 Å². The molecule has 0 saturated carbocycles. The van der Waals surface area contributed by atoms with Gasteiger partial charge in [-0.3, -0.25) is 9.52 Å². The SMILES string of the molecule is Cn1c(C(=O)N2CCN(C(=O)O)CC2)cc2cc(Oc3ccc(NS(=O)(=O)c4ccc(C(F)(F)F)cc4)cn3)ccc21. The third-order valence-corrected chi connectivity index (χ3v) is 8.17. The zero-order valence-corrected chi connectivity index (χ0v) is 22.8. The van der Waals surface area contributed by atoms with Gasteiger partial charge in [0.1, 0.15) is 11.4 Å². The van der Waals surface area contributed by atoms with Crippen LogP contribution in [0.1, 0.15) is 16.1 Å². The zero-order chi connectivity index (χ0) is 30.2. The highest BCUT2D eigenvalue weighted by molar-refractivity contribution is 7.92. The number of nitrogens with zero attached hydrogens (tertiary/aromatic N) is 4. The summed E-state index contributed by atoms with van der Waals surface area (Å²) in [6, 6.07) is 12.8. The normalized spacial score (nSPS) is 14.2. The van der Waals surface area contributed by atoms with Crippen LogP contribution in [-0.2, 0) is 23.2 Å². The van der Waals surface area contributed by atoms with Crippen LogP contribution in [0, 0.1) is 0 Å². The fourth-order valence-electron chi connectivity index (χ4n) is 4.52. The summed E-state index contributed by atoms with van der Waals surface area (Å²) in [6.45, 7) is 1.07. The summed E-state index contributed by atoms with van der Waals surface area (Å²) in [4.78, 5) is 30.9. The molecule has 15 heteroatoms. The van der Waals surface area contributed by atoms with Crippen molar-refractivity contribution >= 4 is 38.6 Å². The molecule has 42 heavy (non-hydrogen) atoms. The van der Waals surface area contributed by atoms with E-state index in [0.29, 0.717) is 36.7 Å². The Morgan fingerprint density at radius 3 is 2.21 bits per heavy atom. The number of sulfonamides is 1. The third-order valence-electron chi connectivity index (χ3n) is 6.77. The molecule has 1 aliphatic rings. The predicted octanol–water partition coefficient (Wildman–Crippen LogP) is 4.62. The minimum absolute atomic E-state index is 0.0769. The van der Waals surface area contributed by atoms with Crippen molar-refractivity contribution < 1.29 is 41.0 Å². The molecule has 0 radical (unpaired) electrons. The maximum Gasteiger partial charge on any atom is 0.416 e. The van der Waals surface area contributed by atoms with E-state index in [1.807, 2.05) is 0 Å². The van der Waals surface area contributed by atoms with Crippen LogP contribution in [-0.4, -0.2) is 71.1 Å². The summed E-state index contributed by atoms with van der Waals surface area (Å²) in [5.74, 6) is 0.348. The van der Waals surface area contributed by atoms with E-state index in [-0.39, 0.29) is 35.5 Å². The molecule has 220 valence electrons.